The first kappa shape index (κ1) is 34.4. The van der Waals surface area contributed by atoms with Crippen molar-refractivity contribution in [3.05, 3.63) is 71.2 Å². The van der Waals surface area contributed by atoms with Crippen molar-refractivity contribution in [2.45, 2.75) is 97.1 Å². The van der Waals surface area contributed by atoms with Crippen LogP contribution < -0.4 is 9.64 Å². The Morgan fingerprint density at radius 1 is 1.10 bits per heavy atom. The van der Waals surface area contributed by atoms with Gasteiger partial charge in [-0.05, 0) is 91.3 Å². The van der Waals surface area contributed by atoms with E-state index >= 15 is 0 Å². The van der Waals surface area contributed by atoms with Crippen LogP contribution in [0.15, 0.2) is 48.5 Å². The molecular formula is C39H47N5O5. The third kappa shape index (κ3) is 7.43. The van der Waals surface area contributed by atoms with Gasteiger partial charge in [0.25, 0.3) is 0 Å². The molecule has 4 aromatic rings. The molecule has 0 N–H and O–H groups in total. The molecule has 5 heterocycles. The minimum Gasteiger partial charge on any atom is -0.491 e. The zero-order chi connectivity index (χ0) is 34.9. The standard InChI is InChI=1S/C39H47N5O5/c1-25-12-9-10-21-47-39(6)17-19-43(20-18-39)36-34(35(37(45)46-8)49-38(3,4)5)26(2)41-33-24-31(42-44(33)36)28-14-11-13-27(22-28)30-16-15-29(40-7)23-32(30)48-25/h11,13-16,22-25,35H,9-10,12,17-21H2,1-6,8H3/t25-,35-/m0/s1. The molecule has 7 rings (SSSR count). The number of fused-ring (bicyclic) bond motifs is 8. The second-order valence-electron chi connectivity index (χ2n) is 14.5. The highest BCUT2D eigenvalue weighted by Gasteiger charge is 2.38. The maximum Gasteiger partial charge on any atom is 0.339 e. The van der Waals surface area contributed by atoms with Crippen LogP contribution >= 0.6 is 0 Å². The summed E-state index contributed by atoms with van der Waals surface area (Å²) in [5.41, 5.74) is 5.17. The van der Waals surface area contributed by atoms with E-state index in [-0.39, 0.29) is 11.7 Å². The molecule has 0 amide bonds. The number of esters is 1. The van der Waals surface area contributed by atoms with Crippen molar-refractivity contribution < 1.29 is 23.7 Å². The summed E-state index contributed by atoms with van der Waals surface area (Å²) in [6.07, 6.45) is 3.38. The van der Waals surface area contributed by atoms with E-state index in [1.54, 1.807) is 0 Å². The summed E-state index contributed by atoms with van der Waals surface area (Å²) in [5.74, 6) is 0.984. The number of carbonyl (C=O) groups excluding carboxylic acids is 1. The molecule has 0 radical (unpaired) electrons. The molecule has 49 heavy (non-hydrogen) atoms. The Morgan fingerprint density at radius 3 is 2.57 bits per heavy atom. The van der Waals surface area contributed by atoms with Crippen molar-refractivity contribution in [1.29, 1.82) is 0 Å². The van der Waals surface area contributed by atoms with E-state index in [0.717, 1.165) is 60.3 Å². The van der Waals surface area contributed by atoms with Gasteiger partial charge in [-0.15, -0.1) is 0 Å². The molecule has 1 fully saturated rings. The monoisotopic (exact) mass is 665 g/mol. The summed E-state index contributed by atoms with van der Waals surface area (Å²) < 4.78 is 26.6. The molecule has 2 atom stereocenters. The van der Waals surface area contributed by atoms with E-state index in [1.165, 1.54) is 7.11 Å². The van der Waals surface area contributed by atoms with E-state index in [0.29, 0.717) is 48.0 Å². The number of benzene rings is 2. The lowest BCUT2D eigenvalue weighted by Gasteiger charge is -2.41. The molecule has 2 aromatic heterocycles. The van der Waals surface area contributed by atoms with Crippen LogP contribution in [-0.2, 0) is 19.0 Å². The van der Waals surface area contributed by atoms with Crippen molar-refractivity contribution in [2.75, 3.05) is 31.7 Å². The number of anilines is 1. The summed E-state index contributed by atoms with van der Waals surface area (Å²) in [5, 5.41) is 5.15. The van der Waals surface area contributed by atoms with Gasteiger partial charge in [0, 0.05) is 42.6 Å². The van der Waals surface area contributed by atoms with Gasteiger partial charge in [-0.3, -0.25) is 0 Å². The smallest absolute Gasteiger partial charge is 0.339 e. The average molecular weight is 666 g/mol. The molecule has 3 aliphatic rings. The number of hydrogen-bond donors (Lipinski definition) is 0. The summed E-state index contributed by atoms with van der Waals surface area (Å²) in [6.45, 7) is 21.7. The number of carbonyl (C=O) groups is 1. The van der Waals surface area contributed by atoms with Crippen LogP contribution in [0.1, 0.15) is 84.1 Å². The van der Waals surface area contributed by atoms with E-state index < -0.39 is 17.7 Å². The van der Waals surface area contributed by atoms with E-state index in [2.05, 4.69) is 35.7 Å². The van der Waals surface area contributed by atoms with Crippen LogP contribution in [0, 0.1) is 13.5 Å². The Bertz CT molecular complexity index is 1880. The molecule has 1 saturated heterocycles. The van der Waals surface area contributed by atoms with Crippen LogP contribution in [0.25, 0.3) is 32.9 Å². The number of hydrogen-bond acceptors (Lipinski definition) is 8. The zero-order valence-electron chi connectivity index (χ0n) is 29.7. The SMILES string of the molecule is [C-]#[N+]c1ccc2c(c1)O[C@@H](C)CCCCOC1(C)CCN(CC1)c1c([C@H](OC(C)(C)C)C(=O)OC)c(C)nc3cc(nn13)-c1cccc-2c1. The Hall–Kier alpha value is -4.46. The molecule has 0 unspecified atom stereocenters. The van der Waals surface area contributed by atoms with Crippen molar-refractivity contribution in [3.8, 4) is 28.1 Å². The fourth-order valence-electron chi connectivity index (χ4n) is 6.78. The third-order valence-corrected chi connectivity index (χ3v) is 9.42. The minimum absolute atomic E-state index is 0.0243. The van der Waals surface area contributed by atoms with Gasteiger partial charge in [0.1, 0.15) is 11.6 Å². The Morgan fingerprint density at radius 2 is 1.86 bits per heavy atom. The van der Waals surface area contributed by atoms with E-state index in [1.807, 2.05) is 68.6 Å². The second-order valence-corrected chi connectivity index (χ2v) is 14.5. The van der Waals surface area contributed by atoms with Gasteiger partial charge in [-0.25, -0.2) is 14.6 Å². The number of methoxy groups -OCH3 is 1. The Balaban J connectivity index is 1.54. The van der Waals surface area contributed by atoms with Gasteiger partial charge in [0.05, 0.1) is 42.2 Å². The third-order valence-electron chi connectivity index (χ3n) is 9.42. The topological polar surface area (TPSA) is 91.8 Å². The Kier molecular flexibility index (Phi) is 9.70. The first-order valence-corrected chi connectivity index (χ1v) is 17.2. The van der Waals surface area contributed by atoms with Crippen LogP contribution in [0.5, 0.6) is 5.75 Å². The van der Waals surface area contributed by atoms with Gasteiger partial charge < -0.3 is 23.8 Å². The molecule has 3 aliphatic heterocycles. The molecule has 2 aromatic carbocycles. The molecule has 10 nitrogen and oxygen atoms in total. The van der Waals surface area contributed by atoms with Crippen LogP contribution in [0.4, 0.5) is 11.5 Å². The molecule has 258 valence electrons. The fourth-order valence-corrected chi connectivity index (χ4v) is 6.78. The lowest BCUT2D eigenvalue weighted by Crippen LogP contribution is -2.46. The molecule has 0 saturated carbocycles. The summed E-state index contributed by atoms with van der Waals surface area (Å²) in [4.78, 5) is 24.3. The summed E-state index contributed by atoms with van der Waals surface area (Å²) >= 11 is 0. The van der Waals surface area contributed by atoms with Gasteiger partial charge in [-0.1, -0.05) is 30.3 Å². The van der Waals surface area contributed by atoms with Gasteiger partial charge in [0.15, 0.2) is 17.4 Å². The zero-order valence-corrected chi connectivity index (χ0v) is 29.7. The number of piperidine rings is 1. The fraction of sp³-hybridized carbons (Fsp3) is 0.487. The Labute approximate surface area is 289 Å². The number of aryl methyl sites for hydroxylation is 1. The number of ether oxygens (including phenoxy) is 4. The van der Waals surface area contributed by atoms with E-state index in [9.17, 15) is 4.79 Å². The first-order valence-electron chi connectivity index (χ1n) is 17.2. The highest BCUT2D eigenvalue weighted by molar-refractivity contribution is 5.81. The minimum atomic E-state index is -0.998. The lowest BCUT2D eigenvalue weighted by molar-refractivity contribution is -0.164. The number of aromatic nitrogens is 3. The highest BCUT2D eigenvalue weighted by atomic mass is 16.6. The van der Waals surface area contributed by atoms with Crippen molar-refractivity contribution in [1.82, 2.24) is 14.6 Å². The van der Waals surface area contributed by atoms with Gasteiger partial charge in [0.2, 0.25) is 0 Å². The quantitative estimate of drug-likeness (QED) is 0.160. The maximum absolute atomic E-state index is 13.4. The van der Waals surface area contributed by atoms with Crippen molar-refractivity contribution >= 4 is 23.1 Å². The second kappa shape index (κ2) is 13.8. The predicted octanol–water partition coefficient (Wildman–Crippen LogP) is 8.28. The van der Waals surface area contributed by atoms with Gasteiger partial charge in [-0.2, -0.15) is 9.61 Å². The molecule has 10 heteroatoms. The molecule has 0 spiro atoms. The van der Waals surface area contributed by atoms with Crippen molar-refractivity contribution in [3.63, 3.8) is 0 Å². The highest BCUT2D eigenvalue weighted by Crippen LogP contribution is 2.40. The summed E-state index contributed by atoms with van der Waals surface area (Å²) in [6, 6.07) is 15.8. The van der Waals surface area contributed by atoms with E-state index in [4.69, 9.17) is 35.6 Å². The normalized spacial score (nSPS) is 20.7. The van der Waals surface area contributed by atoms with Crippen LogP contribution in [0.2, 0.25) is 0 Å². The number of rotatable bonds is 3. The maximum atomic E-state index is 13.4. The van der Waals surface area contributed by atoms with Crippen LogP contribution in [-0.4, -0.2) is 64.7 Å². The largest absolute Gasteiger partial charge is 0.491 e. The predicted molar refractivity (Wildman–Crippen MR) is 190 cm³/mol. The summed E-state index contributed by atoms with van der Waals surface area (Å²) in [7, 11) is 1.39. The van der Waals surface area contributed by atoms with Crippen molar-refractivity contribution in [2.24, 2.45) is 0 Å². The molecule has 6 bridgehead atoms. The van der Waals surface area contributed by atoms with Gasteiger partial charge >= 0.3 is 5.97 Å². The molecule has 0 aliphatic carbocycles. The lowest BCUT2D eigenvalue weighted by atomic mass is 9.92. The first-order chi connectivity index (χ1) is 23.4. The average Bonchev–Trinajstić information content (AvgIpc) is 3.49. The number of nitrogens with zero attached hydrogens (tertiary/aromatic N) is 5. The van der Waals surface area contributed by atoms with Crippen LogP contribution in [0.3, 0.4) is 0 Å². The molecular weight excluding hydrogens is 618 g/mol.